The first kappa shape index (κ1) is 18.7. The molecule has 0 rings (SSSR count). The predicted octanol–water partition coefficient (Wildman–Crippen LogP) is 3.25. The average Bonchev–Trinajstić information content (AvgIpc) is 2.18. The number of carboxylic acid groups (broad SMARTS) is 1. The van der Waals surface area contributed by atoms with Crippen LogP contribution in [0.15, 0.2) is 12.2 Å². The van der Waals surface area contributed by atoms with Gasteiger partial charge in [0.25, 0.3) is 0 Å². The number of carboxylic acids is 1. The number of carbonyl (C=O) groups is 2. The van der Waals surface area contributed by atoms with E-state index in [0.29, 0.717) is 0 Å². The van der Waals surface area contributed by atoms with Crippen molar-refractivity contribution in [1.29, 1.82) is 0 Å². The smallest absolute Gasteiger partial charge is 0.408 e. The molecule has 2 atom stereocenters. The van der Waals surface area contributed by atoms with Gasteiger partial charge in [-0.25, -0.2) is 9.59 Å². The standard InChI is InChI=1S/C14H27NO4Si/c1-8-9-10(20(5,6)7)11(12(16)17)15-13(18)19-14(2,3)4/h8-11H,1-7H3,(H,15,18)(H,16,17)/b9-8+/t10-,11+/m0/s1. The number of aliphatic carboxylic acids is 1. The van der Waals surface area contributed by atoms with Crippen LogP contribution < -0.4 is 5.32 Å². The summed E-state index contributed by atoms with van der Waals surface area (Å²) in [5, 5.41) is 11.9. The lowest BCUT2D eigenvalue weighted by molar-refractivity contribution is -0.139. The van der Waals surface area contributed by atoms with Gasteiger partial charge in [-0.15, -0.1) is 0 Å². The molecule has 0 aliphatic rings. The Morgan fingerprint density at radius 2 is 1.75 bits per heavy atom. The van der Waals surface area contributed by atoms with Gasteiger partial charge in [0.1, 0.15) is 11.6 Å². The number of hydrogen-bond acceptors (Lipinski definition) is 3. The summed E-state index contributed by atoms with van der Waals surface area (Å²) in [4.78, 5) is 23.3. The van der Waals surface area contributed by atoms with E-state index in [9.17, 15) is 14.7 Å². The molecule has 116 valence electrons. The van der Waals surface area contributed by atoms with Crippen LogP contribution in [0.3, 0.4) is 0 Å². The molecule has 2 N–H and O–H groups in total. The summed E-state index contributed by atoms with van der Waals surface area (Å²) in [6.45, 7) is 13.3. The highest BCUT2D eigenvalue weighted by Gasteiger charge is 2.37. The van der Waals surface area contributed by atoms with Crippen molar-refractivity contribution in [3.63, 3.8) is 0 Å². The molecule has 0 heterocycles. The van der Waals surface area contributed by atoms with E-state index in [2.05, 4.69) is 25.0 Å². The Balaban J connectivity index is 5.14. The third kappa shape index (κ3) is 6.74. The molecule has 0 unspecified atom stereocenters. The van der Waals surface area contributed by atoms with Gasteiger partial charge in [-0.3, -0.25) is 0 Å². The summed E-state index contributed by atoms with van der Waals surface area (Å²) in [5.41, 5.74) is -0.847. The van der Waals surface area contributed by atoms with E-state index in [1.807, 2.05) is 19.1 Å². The van der Waals surface area contributed by atoms with Crippen molar-refractivity contribution in [2.75, 3.05) is 0 Å². The first-order valence-electron chi connectivity index (χ1n) is 6.73. The Morgan fingerprint density at radius 3 is 2.05 bits per heavy atom. The van der Waals surface area contributed by atoms with Crippen LogP contribution in [0.1, 0.15) is 27.7 Å². The van der Waals surface area contributed by atoms with Crippen LogP contribution in [0.2, 0.25) is 25.2 Å². The number of alkyl carbamates (subject to hydrolysis) is 1. The van der Waals surface area contributed by atoms with Gasteiger partial charge in [0.15, 0.2) is 0 Å². The molecule has 0 aromatic carbocycles. The van der Waals surface area contributed by atoms with Crippen molar-refractivity contribution in [2.45, 2.75) is 64.5 Å². The first-order valence-corrected chi connectivity index (χ1v) is 10.3. The predicted molar refractivity (Wildman–Crippen MR) is 82.7 cm³/mol. The molecule has 1 amide bonds. The molecule has 0 aliphatic carbocycles. The van der Waals surface area contributed by atoms with E-state index in [1.165, 1.54) is 0 Å². The van der Waals surface area contributed by atoms with Crippen LogP contribution in [0.5, 0.6) is 0 Å². The molecule has 0 aromatic heterocycles. The molecular formula is C14H27NO4Si. The van der Waals surface area contributed by atoms with Crippen LogP contribution in [0, 0.1) is 0 Å². The average molecular weight is 301 g/mol. The van der Waals surface area contributed by atoms with Crippen molar-refractivity contribution in [1.82, 2.24) is 5.32 Å². The highest BCUT2D eigenvalue weighted by molar-refractivity contribution is 6.78. The Kier molecular flexibility index (Phi) is 6.47. The zero-order chi connectivity index (χ0) is 16.1. The van der Waals surface area contributed by atoms with E-state index in [-0.39, 0.29) is 5.54 Å². The summed E-state index contributed by atoms with van der Waals surface area (Å²) in [5.74, 6) is -1.04. The number of amides is 1. The van der Waals surface area contributed by atoms with Crippen molar-refractivity contribution >= 4 is 20.1 Å². The lowest BCUT2D eigenvalue weighted by Gasteiger charge is -2.32. The fourth-order valence-electron chi connectivity index (χ4n) is 1.85. The van der Waals surface area contributed by atoms with E-state index < -0.39 is 31.8 Å². The topological polar surface area (TPSA) is 75.6 Å². The monoisotopic (exact) mass is 301 g/mol. The van der Waals surface area contributed by atoms with Crippen molar-refractivity contribution in [3.8, 4) is 0 Å². The van der Waals surface area contributed by atoms with Crippen LogP contribution >= 0.6 is 0 Å². The molecule has 0 spiro atoms. The van der Waals surface area contributed by atoms with E-state index in [4.69, 9.17) is 4.74 Å². The Labute approximate surface area is 122 Å². The van der Waals surface area contributed by atoms with Gasteiger partial charge in [-0.05, 0) is 27.7 Å². The highest BCUT2D eigenvalue weighted by Crippen LogP contribution is 2.27. The Hall–Kier alpha value is -1.30. The molecule has 0 aliphatic heterocycles. The van der Waals surface area contributed by atoms with Gasteiger partial charge in [0.05, 0.1) is 8.07 Å². The third-order valence-corrected chi connectivity index (χ3v) is 5.22. The maximum absolute atomic E-state index is 11.8. The maximum Gasteiger partial charge on any atom is 0.408 e. The molecule has 0 aromatic rings. The van der Waals surface area contributed by atoms with Gasteiger partial charge in [-0.1, -0.05) is 31.8 Å². The fraction of sp³-hybridized carbons (Fsp3) is 0.714. The highest BCUT2D eigenvalue weighted by atomic mass is 28.3. The lowest BCUT2D eigenvalue weighted by atomic mass is 10.2. The van der Waals surface area contributed by atoms with Crippen molar-refractivity contribution < 1.29 is 19.4 Å². The fourth-order valence-corrected chi connectivity index (χ4v) is 3.84. The number of rotatable bonds is 5. The quantitative estimate of drug-likeness (QED) is 0.604. The van der Waals surface area contributed by atoms with Crippen molar-refractivity contribution in [3.05, 3.63) is 12.2 Å². The minimum atomic E-state index is -1.80. The molecule has 20 heavy (non-hydrogen) atoms. The molecule has 0 saturated carbocycles. The Bertz CT molecular complexity index is 380. The molecule has 0 fully saturated rings. The summed E-state index contributed by atoms with van der Waals surface area (Å²) < 4.78 is 5.14. The lowest BCUT2D eigenvalue weighted by Crippen LogP contribution is -2.50. The second-order valence-corrected chi connectivity index (χ2v) is 12.3. The van der Waals surface area contributed by atoms with Crippen LogP contribution in [0.25, 0.3) is 0 Å². The van der Waals surface area contributed by atoms with Gasteiger partial charge in [0.2, 0.25) is 0 Å². The van der Waals surface area contributed by atoms with Crippen molar-refractivity contribution in [2.24, 2.45) is 0 Å². The summed E-state index contributed by atoms with van der Waals surface area (Å²) in [6, 6.07) is -0.965. The second kappa shape index (κ2) is 6.92. The minimum absolute atomic E-state index is 0.197. The molecule has 6 heteroatoms. The number of hydrogen-bond donors (Lipinski definition) is 2. The molecule has 0 bridgehead atoms. The van der Waals surface area contributed by atoms with E-state index in [1.54, 1.807) is 20.8 Å². The first-order chi connectivity index (χ1) is 8.88. The zero-order valence-electron chi connectivity index (χ0n) is 13.5. The third-order valence-electron chi connectivity index (χ3n) is 2.70. The number of carbonyl (C=O) groups excluding carboxylic acids is 1. The maximum atomic E-state index is 11.8. The van der Waals surface area contributed by atoms with Gasteiger partial charge < -0.3 is 15.2 Å². The van der Waals surface area contributed by atoms with Gasteiger partial charge in [0, 0.05) is 5.54 Å². The summed E-state index contributed by atoms with van der Waals surface area (Å²) in [6.07, 6.45) is 3.00. The summed E-state index contributed by atoms with van der Waals surface area (Å²) in [7, 11) is -1.80. The summed E-state index contributed by atoms with van der Waals surface area (Å²) >= 11 is 0. The van der Waals surface area contributed by atoms with E-state index in [0.717, 1.165) is 0 Å². The Morgan fingerprint density at radius 1 is 1.25 bits per heavy atom. The molecule has 0 radical (unpaired) electrons. The number of nitrogens with one attached hydrogen (secondary N) is 1. The molecular weight excluding hydrogens is 274 g/mol. The van der Waals surface area contributed by atoms with Gasteiger partial charge >= 0.3 is 12.1 Å². The van der Waals surface area contributed by atoms with Crippen LogP contribution in [-0.2, 0) is 9.53 Å². The number of allylic oxidation sites excluding steroid dienone is 1. The molecule has 5 nitrogen and oxygen atoms in total. The normalized spacial score (nSPS) is 15.8. The number of ether oxygens (including phenoxy) is 1. The van der Waals surface area contributed by atoms with Gasteiger partial charge in [-0.2, -0.15) is 0 Å². The minimum Gasteiger partial charge on any atom is -0.480 e. The van der Waals surface area contributed by atoms with E-state index >= 15 is 0 Å². The zero-order valence-corrected chi connectivity index (χ0v) is 14.5. The second-order valence-electron chi connectivity index (χ2n) is 6.88. The van der Waals surface area contributed by atoms with Crippen LogP contribution in [-0.4, -0.2) is 36.9 Å². The van der Waals surface area contributed by atoms with Crippen LogP contribution in [0.4, 0.5) is 4.79 Å². The SMILES string of the molecule is C/C=C/[C@@H]([C@@H](NC(=O)OC(C)(C)C)C(=O)O)[Si](C)(C)C. The molecule has 0 saturated heterocycles. The largest absolute Gasteiger partial charge is 0.480 e.